The van der Waals surface area contributed by atoms with Crippen LogP contribution >= 0.6 is 21.6 Å². The molecule has 5 heterocycles. The van der Waals surface area contributed by atoms with E-state index in [9.17, 15) is 20.1 Å². The Balaban J connectivity index is 1.08. The number of aliphatic hydroxyl groups excluding tert-OH is 1. The number of benzene rings is 4. The predicted molar refractivity (Wildman–Crippen MR) is 283 cm³/mol. The van der Waals surface area contributed by atoms with Crippen LogP contribution < -0.4 is 25.3 Å². The average molecular weight is 1000 g/mol. The number of pyridine rings is 1. The van der Waals surface area contributed by atoms with Gasteiger partial charge in [-0.3, -0.25) is 4.79 Å². The van der Waals surface area contributed by atoms with Gasteiger partial charge in [0.15, 0.2) is 18.3 Å². The van der Waals surface area contributed by atoms with E-state index in [0.717, 1.165) is 112 Å². The number of hydrogen-bond acceptors (Lipinski definition) is 13. The summed E-state index contributed by atoms with van der Waals surface area (Å²) in [6.07, 6.45) is 13.2. The van der Waals surface area contributed by atoms with Crippen molar-refractivity contribution < 1.29 is 39.1 Å². The van der Waals surface area contributed by atoms with Crippen molar-refractivity contribution in [2.45, 2.75) is 119 Å². The van der Waals surface area contributed by atoms with Crippen LogP contribution in [-0.4, -0.2) is 69.4 Å². The van der Waals surface area contributed by atoms with E-state index < -0.39 is 30.2 Å². The topological polar surface area (TPSA) is 166 Å². The lowest BCUT2D eigenvalue weighted by Gasteiger charge is -2.40. The zero-order chi connectivity index (χ0) is 49.1. The minimum atomic E-state index is -0.687. The van der Waals surface area contributed by atoms with Gasteiger partial charge in [-0.2, -0.15) is 0 Å². The molecule has 12 rings (SSSR count). The Morgan fingerprint density at radius 3 is 2.69 bits per heavy atom. The Kier molecular flexibility index (Phi) is 12.8. The van der Waals surface area contributed by atoms with Crippen molar-refractivity contribution in [1.29, 1.82) is 0 Å². The number of rotatable bonds is 7. The predicted octanol–water partition coefficient (Wildman–Crippen LogP) is 10.5. The molecular formula is C59H61N3O8S2. The van der Waals surface area contributed by atoms with Crippen LogP contribution in [0.1, 0.15) is 126 Å². The summed E-state index contributed by atoms with van der Waals surface area (Å²) in [5.74, 6) is 11.1. The fourth-order valence-corrected chi connectivity index (χ4v) is 16.3. The highest BCUT2D eigenvalue weighted by Crippen LogP contribution is 2.64. The van der Waals surface area contributed by atoms with Crippen LogP contribution in [0, 0.1) is 23.7 Å². The molecule has 0 radical (unpaired) electrons. The number of ether oxygens (including phenoxy) is 4. The number of esters is 1. The Morgan fingerprint density at radius 2 is 1.83 bits per heavy atom. The van der Waals surface area contributed by atoms with Crippen LogP contribution in [0.25, 0.3) is 17.2 Å². The first-order chi connectivity index (χ1) is 35.1. The van der Waals surface area contributed by atoms with Crippen LogP contribution in [0.3, 0.4) is 0 Å². The maximum atomic E-state index is 12.9. The number of hydrogen-bond donors (Lipinski definition) is 5. The van der Waals surface area contributed by atoms with Gasteiger partial charge in [0.05, 0.1) is 12.0 Å². The molecule has 2 saturated carbocycles. The normalized spacial score (nSPS) is 27.5. The minimum absolute atomic E-state index is 0.0296. The number of carbonyl (C=O) groups excluding carboxylic acids is 1. The number of nitrogens with two attached hydrogens (primary N) is 1. The number of aliphatic hydroxyl groups is 1. The molecule has 0 amide bonds. The third-order valence-electron chi connectivity index (χ3n) is 16.7. The van der Waals surface area contributed by atoms with Gasteiger partial charge in [-0.1, -0.05) is 94.6 Å². The van der Waals surface area contributed by atoms with Gasteiger partial charge in [-0.15, -0.1) is 0 Å². The molecule has 1 spiro atoms. The van der Waals surface area contributed by atoms with Crippen molar-refractivity contribution in [2.24, 2.45) is 11.8 Å². The van der Waals surface area contributed by atoms with Gasteiger partial charge in [0.25, 0.3) is 0 Å². The number of fused-ring (bicyclic) bond motifs is 12. The number of nitrogen functional groups attached to an aromatic ring is 1. The Morgan fingerprint density at radius 1 is 0.972 bits per heavy atom. The number of nitrogens with zero attached hydrogens (tertiary/aromatic N) is 1. The maximum Gasteiger partial charge on any atom is 0.302 e. The van der Waals surface area contributed by atoms with E-state index in [1.165, 1.54) is 25.3 Å². The summed E-state index contributed by atoms with van der Waals surface area (Å²) in [6, 6.07) is 24.3. The van der Waals surface area contributed by atoms with Crippen molar-refractivity contribution in [3.8, 4) is 51.7 Å². The molecule has 6 bridgehead atoms. The highest BCUT2D eigenvalue weighted by molar-refractivity contribution is 8.76. The first-order valence-corrected chi connectivity index (χ1v) is 28.2. The lowest BCUT2D eigenvalue weighted by Crippen LogP contribution is -2.49. The van der Waals surface area contributed by atoms with Gasteiger partial charge in [0.1, 0.15) is 47.6 Å². The fourth-order valence-electron chi connectivity index (χ4n) is 13.6. The number of aromatic hydroxyl groups is 2. The third-order valence-corrected chi connectivity index (χ3v) is 19.3. The standard InChI is InChI=1S/C59H61N3O8S2/c1-33(64)67-29-46-43-15-16-44-53-38(24-40(65)26-50(53)68-32-63)28-59-22-21-37(27-59)41(14-13-34-7-3-2-4-8-34)42-18-20-52(60)62-47(42)12-6-10-36-25-49(66)56-45(54(36)57(46)70-58(43)55(44)59)17-19-48-51(69-56)31-72-71-30-35-9-5-11-39(23-35)61-48/h2-4,7-8,15-20,24-26,35,37,39,41,46,48,51,57,61,63,65-66H,5,9-11,13-14,21-23,27-32H2,1H3,(H2,60,62)/t35-,37-,39-,41-,46-,48-,51-,57-,59+/m0/s1. The zero-order valence-electron chi connectivity index (χ0n) is 40.5. The van der Waals surface area contributed by atoms with Crippen molar-refractivity contribution in [2.75, 3.05) is 30.6 Å². The summed E-state index contributed by atoms with van der Waals surface area (Å²) in [4.78, 5) is 17.8. The average Bonchev–Trinajstić information content (AvgIpc) is 3.89. The molecule has 372 valence electrons. The van der Waals surface area contributed by atoms with E-state index in [4.69, 9.17) is 29.7 Å². The smallest absolute Gasteiger partial charge is 0.302 e. The molecule has 4 aliphatic heterocycles. The quantitative estimate of drug-likeness (QED) is 0.0453. The second kappa shape index (κ2) is 19.6. The molecular weight excluding hydrogens is 943 g/mol. The monoisotopic (exact) mass is 1000 g/mol. The summed E-state index contributed by atoms with van der Waals surface area (Å²) in [5, 5.41) is 37.7. The number of nitrogens with one attached hydrogen (secondary N) is 1. The second-order valence-electron chi connectivity index (χ2n) is 21.1. The van der Waals surface area contributed by atoms with Gasteiger partial charge < -0.3 is 45.3 Å². The molecule has 6 N–H and O–H groups in total. The Labute approximate surface area is 429 Å². The second-order valence-corrected chi connectivity index (χ2v) is 23.6. The van der Waals surface area contributed by atoms with Gasteiger partial charge in [-0.25, -0.2) is 4.98 Å². The van der Waals surface area contributed by atoms with Crippen LogP contribution in [-0.2, 0) is 34.2 Å². The molecule has 9 atom stereocenters. The lowest BCUT2D eigenvalue weighted by atomic mass is 9.64. The molecule has 5 aromatic rings. The maximum absolute atomic E-state index is 12.9. The SMILES string of the molecule is CC(=O)OC[C@H]1c2ccc3c4c2O[C@@H]1c1c(cc(O)c2c1C=C[C@@H]1N[C@H]5CCC[C@H](CSSC[C@@H]1O2)C5)CC#Cc1nc(N)ccc1[C@@H](CCc1ccccc1)[C@H]1CC[C@]4(Cc2cc(O)cc(OCO)c2-3)C1. The Hall–Kier alpha value is -5.78. The van der Waals surface area contributed by atoms with Gasteiger partial charge in [0.2, 0.25) is 0 Å². The molecule has 7 aliphatic rings. The van der Waals surface area contributed by atoms with Gasteiger partial charge >= 0.3 is 5.97 Å². The molecule has 11 nitrogen and oxygen atoms in total. The van der Waals surface area contributed by atoms with E-state index in [0.29, 0.717) is 41.4 Å². The van der Waals surface area contributed by atoms with Crippen LogP contribution in [0.4, 0.5) is 5.82 Å². The number of phenolic OH excluding ortho intramolecular Hbond substituents is 2. The molecule has 3 fully saturated rings. The number of aryl methyl sites for hydroxylation is 1. The van der Waals surface area contributed by atoms with Crippen molar-refractivity contribution in [3.63, 3.8) is 0 Å². The number of carbonyl (C=O) groups is 1. The summed E-state index contributed by atoms with van der Waals surface area (Å²) in [7, 11) is 3.77. The summed E-state index contributed by atoms with van der Waals surface area (Å²) >= 11 is 0. The fraction of sp³-hybridized carbons (Fsp3) is 0.424. The van der Waals surface area contributed by atoms with Gasteiger partial charge in [0, 0.05) is 70.2 Å². The minimum Gasteiger partial charge on any atom is -0.508 e. The van der Waals surface area contributed by atoms with E-state index in [2.05, 4.69) is 77.8 Å². The van der Waals surface area contributed by atoms with Crippen LogP contribution in [0.2, 0.25) is 0 Å². The van der Waals surface area contributed by atoms with Crippen LogP contribution in [0.15, 0.2) is 78.9 Å². The van der Waals surface area contributed by atoms with E-state index >= 15 is 0 Å². The molecule has 1 aromatic heterocycles. The van der Waals surface area contributed by atoms with Crippen LogP contribution in [0.5, 0.6) is 28.7 Å². The molecule has 72 heavy (non-hydrogen) atoms. The molecule has 0 unspecified atom stereocenters. The summed E-state index contributed by atoms with van der Waals surface area (Å²) in [5.41, 5.74) is 16.0. The zero-order valence-corrected chi connectivity index (χ0v) is 42.2. The van der Waals surface area contributed by atoms with E-state index in [1.54, 1.807) is 12.1 Å². The Bertz CT molecular complexity index is 3030. The van der Waals surface area contributed by atoms with E-state index in [1.807, 2.05) is 33.7 Å². The molecule has 4 aromatic carbocycles. The first kappa shape index (κ1) is 47.2. The van der Waals surface area contributed by atoms with Gasteiger partial charge in [-0.05, 0) is 127 Å². The lowest BCUT2D eigenvalue weighted by molar-refractivity contribution is -0.141. The third kappa shape index (κ3) is 8.76. The molecule has 13 heteroatoms. The number of anilines is 1. The summed E-state index contributed by atoms with van der Waals surface area (Å²) in [6.45, 7) is 0.930. The van der Waals surface area contributed by atoms with Crippen molar-refractivity contribution >= 4 is 39.5 Å². The molecule has 3 aliphatic carbocycles. The first-order valence-electron chi connectivity index (χ1n) is 25.7. The molecule has 1 saturated heterocycles. The highest BCUT2D eigenvalue weighted by atomic mass is 33.1. The highest BCUT2D eigenvalue weighted by Gasteiger charge is 2.52. The summed E-state index contributed by atoms with van der Waals surface area (Å²) < 4.78 is 26.7. The van der Waals surface area contributed by atoms with Crippen molar-refractivity contribution in [1.82, 2.24) is 10.3 Å². The number of aromatic nitrogens is 1. The van der Waals surface area contributed by atoms with Crippen molar-refractivity contribution in [3.05, 3.63) is 129 Å². The largest absolute Gasteiger partial charge is 0.508 e. The number of phenols is 2. The van der Waals surface area contributed by atoms with E-state index in [-0.39, 0.29) is 48.5 Å².